The number of likely N-dealkylation sites (tertiary alicyclic amines) is 1. The molecule has 0 aromatic carbocycles. The van der Waals surface area contributed by atoms with Crippen LogP contribution in [0.25, 0.3) is 0 Å². The van der Waals surface area contributed by atoms with E-state index in [2.05, 4.69) is 0 Å². The number of carbonyl (C=O) groups excluding carboxylic acids is 1. The Morgan fingerprint density at radius 3 is 2.41 bits per heavy atom. The zero-order chi connectivity index (χ0) is 16.2. The number of hydrogen-bond acceptors (Lipinski definition) is 7. The summed E-state index contributed by atoms with van der Waals surface area (Å²) in [7, 11) is 0. The first-order chi connectivity index (χ1) is 9.77. The molecule has 0 aliphatic carbocycles. The minimum atomic E-state index is -1.30. The summed E-state index contributed by atoms with van der Waals surface area (Å²) in [6.07, 6.45) is -1.95. The van der Waals surface area contributed by atoms with Gasteiger partial charge in [-0.25, -0.2) is 4.90 Å². The number of nitrogens with two attached hydrogens (primary N) is 1. The van der Waals surface area contributed by atoms with Crippen LogP contribution in [-0.4, -0.2) is 56.6 Å². The molecule has 0 unspecified atom stereocenters. The Morgan fingerprint density at radius 2 is 1.95 bits per heavy atom. The Labute approximate surface area is 136 Å². The Bertz CT molecular complexity index is 348. The van der Waals surface area contributed by atoms with Crippen molar-refractivity contribution in [1.29, 1.82) is 0 Å². The molecule has 132 valence electrons. The summed E-state index contributed by atoms with van der Waals surface area (Å²) in [5.41, 5.74) is 7.11. The Hall–Kier alpha value is -0.480. The maximum atomic E-state index is 11.7. The number of nitrogens with zero attached hydrogens (tertiary/aromatic N) is 1. The molecule has 0 aromatic heterocycles. The van der Waals surface area contributed by atoms with Gasteiger partial charge in [0, 0.05) is 18.4 Å². The van der Waals surface area contributed by atoms with Crippen molar-refractivity contribution in [3.05, 3.63) is 0 Å². The van der Waals surface area contributed by atoms with Crippen LogP contribution in [0.15, 0.2) is 0 Å². The number of piperidine rings is 1. The molecule has 0 spiro atoms. The van der Waals surface area contributed by atoms with Gasteiger partial charge in [0.1, 0.15) is 18.7 Å². The van der Waals surface area contributed by atoms with Gasteiger partial charge in [-0.15, -0.1) is 12.4 Å². The van der Waals surface area contributed by atoms with Crippen molar-refractivity contribution < 1.29 is 25.3 Å². The molecule has 1 fully saturated rings. The molecule has 22 heavy (non-hydrogen) atoms. The van der Waals surface area contributed by atoms with E-state index in [1.165, 1.54) is 4.90 Å². The Morgan fingerprint density at radius 1 is 1.36 bits per heavy atom. The van der Waals surface area contributed by atoms with Gasteiger partial charge < -0.3 is 26.3 Å². The van der Waals surface area contributed by atoms with Gasteiger partial charge in [0.2, 0.25) is 5.91 Å². The lowest BCUT2D eigenvalue weighted by molar-refractivity contribution is -0.187. The molecule has 7 N–H and O–H groups in total. The van der Waals surface area contributed by atoms with Crippen molar-refractivity contribution in [3.8, 4) is 0 Å². The third-order valence-electron chi connectivity index (χ3n) is 4.00. The van der Waals surface area contributed by atoms with Crippen LogP contribution in [0, 0.1) is 17.8 Å². The van der Waals surface area contributed by atoms with E-state index in [-0.39, 0.29) is 24.9 Å². The molecule has 0 bridgehead atoms. The smallest absolute Gasteiger partial charge is 0.220 e. The predicted molar refractivity (Wildman–Crippen MR) is 81.8 cm³/mol. The SMILES string of the molecule is CC(C)C[C@H](C(N)=O)[C@@H]1CC[C@H](O)N(C[C@H](O)NO)[C@H]1O.Cl. The minimum Gasteiger partial charge on any atom is -0.378 e. The lowest BCUT2D eigenvalue weighted by Crippen LogP contribution is -2.57. The summed E-state index contributed by atoms with van der Waals surface area (Å²) in [4.78, 5) is 12.9. The molecule has 5 atom stereocenters. The summed E-state index contributed by atoms with van der Waals surface area (Å²) < 4.78 is 0. The van der Waals surface area contributed by atoms with E-state index in [4.69, 9.17) is 10.9 Å². The molecule has 0 radical (unpaired) electrons. The standard InChI is InChI=1S/C13H27N3O5.ClH/c1-7(2)5-9(12(14)19)8-3-4-11(18)16(13(8)20)6-10(17)15-21;/h7-11,13,15,17-18,20-21H,3-6H2,1-2H3,(H2,14,19);1H/t8-,9-,10-,11-,13-;/m0./s1. The third-order valence-corrected chi connectivity index (χ3v) is 4.00. The first-order valence-corrected chi connectivity index (χ1v) is 7.26. The molecule has 1 heterocycles. The second-order valence-electron chi connectivity index (χ2n) is 6.12. The predicted octanol–water partition coefficient (Wildman–Crippen LogP) is -0.798. The first-order valence-electron chi connectivity index (χ1n) is 7.26. The number of β-amino-alcohol motifs (C(OH)–C–C–N with tert-alkyl or cyclic N) is 1. The van der Waals surface area contributed by atoms with E-state index in [0.717, 1.165) is 0 Å². The van der Waals surface area contributed by atoms with Crippen molar-refractivity contribution in [2.45, 2.75) is 51.8 Å². The van der Waals surface area contributed by atoms with Crippen LogP contribution in [0.1, 0.15) is 33.1 Å². The number of primary amides is 1. The van der Waals surface area contributed by atoms with Crippen molar-refractivity contribution in [1.82, 2.24) is 10.4 Å². The van der Waals surface area contributed by atoms with Gasteiger partial charge in [-0.3, -0.25) is 4.79 Å². The number of hydroxylamine groups is 1. The van der Waals surface area contributed by atoms with Crippen molar-refractivity contribution >= 4 is 18.3 Å². The lowest BCUT2D eigenvalue weighted by atomic mass is 9.78. The van der Waals surface area contributed by atoms with Crippen molar-refractivity contribution in [3.63, 3.8) is 0 Å². The highest BCUT2D eigenvalue weighted by atomic mass is 35.5. The molecular formula is C13H28ClN3O5. The van der Waals surface area contributed by atoms with Crippen LogP contribution >= 0.6 is 12.4 Å². The number of nitrogens with one attached hydrogen (secondary N) is 1. The normalized spacial score (nSPS) is 29.0. The van der Waals surface area contributed by atoms with Crippen LogP contribution < -0.4 is 11.2 Å². The van der Waals surface area contributed by atoms with Gasteiger partial charge >= 0.3 is 0 Å². The number of rotatable bonds is 7. The quantitative estimate of drug-likeness (QED) is 0.263. The number of aliphatic hydroxyl groups excluding tert-OH is 3. The second kappa shape index (κ2) is 9.61. The number of hydrogen-bond donors (Lipinski definition) is 6. The van der Waals surface area contributed by atoms with E-state index in [0.29, 0.717) is 19.3 Å². The third kappa shape index (κ3) is 5.62. The number of halogens is 1. The maximum Gasteiger partial charge on any atom is 0.220 e. The highest BCUT2D eigenvalue weighted by molar-refractivity contribution is 5.85. The fraction of sp³-hybridized carbons (Fsp3) is 0.923. The molecule has 9 heteroatoms. The van der Waals surface area contributed by atoms with Gasteiger partial charge in [-0.05, 0) is 25.2 Å². The Balaban J connectivity index is 0.00000441. The highest BCUT2D eigenvalue weighted by Gasteiger charge is 2.41. The summed E-state index contributed by atoms with van der Waals surface area (Å²) in [5.74, 6) is -1.11. The van der Waals surface area contributed by atoms with Crippen LogP contribution in [0.2, 0.25) is 0 Å². The number of carbonyl (C=O) groups is 1. The van der Waals surface area contributed by atoms with Gasteiger partial charge in [-0.1, -0.05) is 13.8 Å². The average Bonchev–Trinajstić information content (AvgIpc) is 2.40. The topological polar surface area (TPSA) is 139 Å². The zero-order valence-electron chi connectivity index (χ0n) is 12.9. The van der Waals surface area contributed by atoms with Crippen LogP contribution in [0.3, 0.4) is 0 Å². The first kappa shape index (κ1) is 21.5. The van der Waals surface area contributed by atoms with Gasteiger partial charge in [0.25, 0.3) is 0 Å². The maximum absolute atomic E-state index is 11.7. The largest absolute Gasteiger partial charge is 0.378 e. The summed E-state index contributed by atoms with van der Waals surface area (Å²) in [5, 5.41) is 38.4. The Kier molecular flexibility index (Phi) is 9.40. The second-order valence-corrected chi connectivity index (χ2v) is 6.12. The van der Waals surface area contributed by atoms with Crippen LogP contribution in [0.5, 0.6) is 0 Å². The van der Waals surface area contributed by atoms with Gasteiger partial charge in [-0.2, -0.15) is 5.48 Å². The van der Waals surface area contributed by atoms with Gasteiger partial charge in [0.15, 0.2) is 0 Å². The van der Waals surface area contributed by atoms with Crippen molar-refractivity contribution in [2.75, 3.05) is 6.54 Å². The highest BCUT2D eigenvalue weighted by Crippen LogP contribution is 2.34. The molecule has 8 nitrogen and oxygen atoms in total. The minimum absolute atomic E-state index is 0. The molecule has 1 amide bonds. The monoisotopic (exact) mass is 341 g/mol. The van der Waals surface area contributed by atoms with Gasteiger partial charge in [0.05, 0.1) is 0 Å². The molecule has 0 saturated carbocycles. The van der Waals surface area contributed by atoms with Crippen LogP contribution in [0.4, 0.5) is 0 Å². The summed E-state index contributed by atoms with van der Waals surface area (Å²) in [6, 6.07) is 0. The fourth-order valence-electron chi connectivity index (χ4n) is 2.97. The molecule has 1 rings (SSSR count). The lowest BCUT2D eigenvalue weighted by Gasteiger charge is -2.44. The molecular weight excluding hydrogens is 314 g/mol. The fourth-order valence-corrected chi connectivity index (χ4v) is 2.97. The number of amides is 1. The number of aliphatic hydroxyl groups is 3. The van der Waals surface area contributed by atoms with E-state index < -0.39 is 36.4 Å². The molecule has 0 aromatic rings. The van der Waals surface area contributed by atoms with Crippen molar-refractivity contribution in [2.24, 2.45) is 23.5 Å². The molecule has 1 aliphatic rings. The summed E-state index contributed by atoms with van der Waals surface area (Å²) >= 11 is 0. The zero-order valence-corrected chi connectivity index (χ0v) is 13.7. The van der Waals surface area contributed by atoms with E-state index in [1.807, 2.05) is 13.8 Å². The van der Waals surface area contributed by atoms with E-state index in [1.54, 1.807) is 5.48 Å². The van der Waals surface area contributed by atoms with E-state index >= 15 is 0 Å². The van der Waals surface area contributed by atoms with E-state index in [9.17, 15) is 20.1 Å². The molecule has 1 saturated heterocycles. The average molecular weight is 342 g/mol. The van der Waals surface area contributed by atoms with Crippen LogP contribution in [-0.2, 0) is 4.79 Å². The molecule has 1 aliphatic heterocycles. The summed E-state index contributed by atoms with van der Waals surface area (Å²) in [6.45, 7) is 3.77.